The number of aromatic hydroxyl groups is 1. The minimum atomic E-state index is -2.61. The summed E-state index contributed by atoms with van der Waals surface area (Å²) in [6.07, 6.45) is -0.0935. The summed E-state index contributed by atoms with van der Waals surface area (Å²) in [6.45, 7) is 0. The van der Waals surface area contributed by atoms with Gasteiger partial charge in [-0.3, -0.25) is 14.4 Å². The number of fused-ring (bicyclic) bond motifs is 3. The highest BCUT2D eigenvalue weighted by atomic mass is 16.3. The fourth-order valence-corrected chi connectivity index (χ4v) is 5.87. The third-order valence-corrected chi connectivity index (χ3v) is 7.77. The number of nitrogens with zero attached hydrogens (tertiary/aromatic N) is 1. The number of nitrogen functional groups attached to an aromatic ring is 1. The molecule has 3 unspecified atom stereocenters. The Labute approximate surface area is 223 Å². The maximum Gasteiger partial charge on any atom is 0.255 e. The summed E-state index contributed by atoms with van der Waals surface area (Å²) < 4.78 is 0. The van der Waals surface area contributed by atoms with Crippen LogP contribution in [0, 0.1) is 23.7 Å². The van der Waals surface area contributed by atoms with Gasteiger partial charge in [0, 0.05) is 48.9 Å². The van der Waals surface area contributed by atoms with Gasteiger partial charge in [0.05, 0.1) is 11.1 Å². The Morgan fingerprint density at radius 1 is 1.08 bits per heavy atom. The standard InChI is InChI=1S/C29H27N3O7/c1-32(2)19-11-14(6-3-13-4-7-17(30)8-5-13)24(34)22-18(19)10-15-9-16-12-20(33)23(28(31)38)27(37)29(16,39)26(36)21(15)25(22)35/h4-5,7-8,11,15-16,34-35,37,39H,9-10,12,30H2,1-2H3,(H2,31,38). The van der Waals surface area contributed by atoms with Gasteiger partial charge in [-0.1, -0.05) is 11.8 Å². The van der Waals surface area contributed by atoms with Crippen molar-refractivity contribution < 1.29 is 34.8 Å². The van der Waals surface area contributed by atoms with Crippen molar-refractivity contribution in [2.24, 2.45) is 17.6 Å². The van der Waals surface area contributed by atoms with Crippen molar-refractivity contribution >= 4 is 34.6 Å². The number of benzene rings is 2. The van der Waals surface area contributed by atoms with E-state index < -0.39 is 52.0 Å². The summed E-state index contributed by atoms with van der Waals surface area (Å²) in [5.41, 5.74) is 9.96. The molecule has 0 aromatic heterocycles. The van der Waals surface area contributed by atoms with E-state index in [1.165, 1.54) is 0 Å². The van der Waals surface area contributed by atoms with Gasteiger partial charge in [0.1, 0.15) is 22.8 Å². The molecule has 3 aliphatic rings. The minimum Gasteiger partial charge on any atom is -0.508 e. The number of carbonyl (C=O) groups is 3. The molecule has 200 valence electrons. The number of carbonyl (C=O) groups excluding carboxylic acids is 3. The Balaban J connectivity index is 1.69. The van der Waals surface area contributed by atoms with E-state index in [1.54, 1.807) is 49.3 Å². The highest BCUT2D eigenvalue weighted by Gasteiger charge is 2.60. The van der Waals surface area contributed by atoms with Crippen molar-refractivity contribution in [2.45, 2.75) is 24.9 Å². The SMILES string of the molecule is CN(C)c1cc(C#Cc2ccc(N)cc2)c(O)c2c1CC1CC3CC(=O)C(C(N)=O)=C(O)C3(O)C(=O)C1=C2O. The first-order chi connectivity index (χ1) is 18.4. The highest BCUT2D eigenvalue weighted by Crippen LogP contribution is 2.53. The van der Waals surface area contributed by atoms with Crippen molar-refractivity contribution in [1.29, 1.82) is 0 Å². The molecule has 2 aromatic rings. The van der Waals surface area contributed by atoms with E-state index in [1.807, 2.05) is 0 Å². The molecular formula is C29H27N3O7. The van der Waals surface area contributed by atoms with Crippen LogP contribution in [0.15, 0.2) is 47.2 Å². The summed E-state index contributed by atoms with van der Waals surface area (Å²) >= 11 is 0. The third-order valence-electron chi connectivity index (χ3n) is 7.77. The summed E-state index contributed by atoms with van der Waals surface area (Å²) in [5, 5.41) is 44.8. The van der Waals surface area contributed by atoms with Crippen LogP contribution in [-0.2, 0) is 20.8 Å². The molecule has 10 nitrogen and oxygen atoms in total. The average molecular weight is 530 g/mol. The van der Waals surface area contributed by atoms with Crippen LogP contribution in [0.3, 0.4) is 0 Å². The van der Waals surface area contributed by atoms with Gasteiger partial charge in [-0.05, 0) is 54.7 Å². The normalized spacial score (nSPS) is 23.9. The number of ketones is 2. The second-order valence-corrected chi connectivity index (χ2v) is 10.3. The topological polar surface area (TPSA) is 187 Å². The predicted octanol–water partition coefficient (Wildman–Crippen LogP) is 1.47. The number of Topliss-reactive ketones (excluding diaryl/α,β-unsaturated/α-hetero) is 2. The highest BCUT2D eigenvalue weighted by molar-refractivity contribution is 6.22. The monoisotopic (exact) mass is 529 g/mol. The number of aliphatic hydroxyl groups is 3. The fourth-order valence-electron chi connectivity index (χ4n) is 5.87. The van der Waals surface area contributed by atoms with Gasteiger partial charge in [-0.2, -0.15) is 0 Å². The second kappa shape index (κ2) is 8.92. The van der Waals surface area contributed by atoms with Crippen molar-refractivity contribution in [3.8, 4) is 17.6 Å². The number of anilines is 2. The molecular weight excluding hydrogens is 502 g/mol. The molecule has 5 rings (SSSR count). The Hall–Kier alpha value is -4.75. The smallest absolute Gasteiger partial charge is 0.255 e. The molecule has 3 atom stereocenters. The summed E-state index contributed by atoms with van der Waals surface area (Å²) in [6, 6.07) is 8.52. The molecule has 0 aliphatic heterocycles. The molecule has 1 amide bonds. The largest absolute Gasteiger partial charge is 0.508 e. The minimum absolute atomic E-state index is 0.00469. The zero-order valence-electron chi connectivity index (χ0n) is 21.3. The number of primary amides is 1. The van der Waals surface area contributed by atoms with E-state index in [9.17, 15) is 34.8 Å². The van der Waals surface area contributed by atoms with Crippen LogP contribution in [0.25, 0.3) is 5.76 Å². The van der Waals surface area contributed by atoms with Crippen molar-refractivity contribution in [2.75, 3.05) is 24.7 Å². The zero-order valence-corrected chi connectivity index (χ0v) is 21.3. The molecule has 8 N–H and O–H groups in total. The van der Waals surface area contributed by atoms with Gasteiger partial charge in [0.25, 0.3) is 5.91 Å². The molecule has 10 heteroatoms. The van der Waals surface area contributed by atoms with Crippen LogP contribution >= 0.6 is 0 Å². The Morgan fingerprint density at radius 3 is 2.36 bits per heavy atom. The van der Waals surface area contributed by atoms with Gasteiger partial charge in [0.15, 0.2) is 11.4 Å². The molecule has 39 heavy (non-hydrogen) atoms. The van der Waals surface area contributed by atoms with Crippen LogP contribution < -0.4 is 16.4 Å². The molecule has 0 heterocycles. The van der Waals surface area contributed by atoms with E-state index in [4.69, 9.17) is 11.5 Å². The lowest BCUT2D eigenvalue weighted by atomic mass is 9.59. The van der Waals surface area contributed by atoms with Gasteiger partial charge < -0.3 is 36.8 Å². The number of hydrogen-bond donors (Lipinski definition) is 6. The van der Waals surface area contributed by atoms with Gasteiger partial charge in [0.2, 0.25) is 5.78 Å². The maximum absolute atomic E-state index is 13.7. The number of rotatable bonds is 2. The molecule has 0 radical (unpaired) electrons. The zero-order chi connectivity index (χ0) is 28.4. The number of phenols is 1. The third kappa shape index (κ3) is 3.82. The Morgan fingerprint density at radius 2 is 1.74 bits per heavy atom. The first-order valence-corrected chi connectivity index (χ1v) is 12.3. The van der Waals surface area contributed by atoms with Gasteiger partial charge in [-0.15, -0.1) is 0 Å². The van der Waals surface area contributed by atoms with E-state index in [2.05, 4.69) is 11.8 Å². The van der Waals surface area contributed by atoms with Gasteiger partial charge >= 0.3 is 0 Å². The van der Waals surface area contributed by atoms with Crippen LogP contribution in [-0.4, -0.2) is 57.6 Å². The molecule has 0 spiro atoms. The number of nitrogens with two attached hydrogens (primary N) is 2. The molecule has 0 bridgehead atoms. The van der Waals surface area contributed by atoms with E-state index in [0.29, 0.717) is 22.5 Å². The second-order valence-electron chi connectivity index (χ2n) is 10.3. The van der Waals surface area contributed by atoms with E-state index >= 15 is 0 Å². The molecule has 1 fully saturated rings. The number of hydrogen-bond acceptors (Lipinski definition) is 9. The van der Waals surface area contributed by atoms with E-state index in [0.717, 1.165) is 0 Å². The lowest BCUT2D eigenvalue weighted by molar-refractivity contribution is -0.147. The van der Waals surface area contributed by atoms with Gasteiger partial charge in [-0.25, -0.2) is 0 Å². The summed E-state index contributed by atoms with van der Waals surface area (Å²) in [5.74, 6) is -0.849. The molecule has 0 saturated heterocycles. The predicted molar refractivity (Wildman–Crippen MR) is 143 cm³/mol. The number of aliphatic hydroxyl groups excluding tert-OH is 2. The van der Waals surface area contributed by atoms with Crippen LogP contribution in [0.2, 0.25) is 0 Å². The number of phenolic OH excluding ortho intramolecular Hbond substituents is 1. The lowest BCUT2D eigenvalue weighted by Crippen LogP contribution is -2.58. The molecule has 3 aliphatic carbocycles. The number of amides is 1. The van der Waals surface area contributed by atoms with Crippen molar-refractivity contribution in [3.05, 3.63) is 69.5 Å². The van der Waals surface area contributed by atoms with Crippen molar-refractivity contribution in [3.63, 3.8) is 0 Å². The first kappa shape index (κ1) is 25.9. The quantitative estimate of drug-likeness (QED) is 0.190. The van der Waals surface area contributed by atoms with Crippen LogP contribution in [0.1, 0.15) is 35.1 Å². The Bertz CT molecular complexity index is 1590. The lowest BCUT2D eigenvalue weighted by Gasteiger charge is -2.46. The first-order valence-electron chi connectivity index (χ1n) is 12.3. The summed E-state index contributed by atoms with van der Waals surface area (Å²) in [4.78, 5) is 39.8. The summed E-state index contributed by atoms with van der Waals surface area (Å²) in [7, 11) is 3.58. The average Bonchev–Trinajstić information content (AvgIpc) is 2.86. The van der Waals surface area contributed by atoms with Crippen LogP contribution in [0.4, 0.5) is 11.4 Å². The Kier molecular flexibility index (Phi) is 5.92. The van der Waals surface area contributed by atoms with Crippen molar-refractivity contribution in [1.82, 2.24) is 0 Å². The van der Waals surface area contributed by atoms with Crippen LogP contribution in [0.5, 0.6) is 5.75 Å². The molecule has 1 saturated carbocycles. The molecule has 2 aromatic carbocycles. The van der Waals surface area contributed by atoms with E-state index in [-0.39, 0.29) is 41.7 Å². The fraction of sp³-hybridized carbons (Fsp3) is 0.276. The maximum atomic E-state index is 13.7.